The van der Waals surface area contributed by atoms with Crippen LogP contribution in [0.3, 0.4) is 0 Å². The number of amides is 1. The summed E-state index contributed by atoms with van der Waals surface area (Å²) in [6, 6.07) is 7.23. The highest BCUT2D eigenvalue weighted by molar-refractivity contribution is 7.91. The van der Waals surface area contributed by atoms with Crippen molar-refractivity contribution in [2.75, 3.05) is 33.3 Å². The Bertz CT molecular complexity index is 1190. The molecule has 0 bridgehead atoms. The minimum atomic E-state index is -3.51. The molecule has 1 spiro atoms. The van der Waals surface area contributed by atoms with Gasteiger partial charge in [-0.2, -0.15) is 4.31 Å². The Balaban J connectivity index is 1.50. The Labute approximate surface area is 195 Å². The van der Waals surface area contributed by atoms with Gasteiger partial charge in [-0.05, 0) is 42.2 Å². The van der Waals surface area contributed by atoms with Gasteiger partial charge in [-0.3, -0.25) is 14.9 Å². The number of nitro groups is 1. The molecule has 2 aromatic rings. The molecule has 2 saturated heterocycles. The summed E-state index contributed by atoms with van der Waals surface area (Å²) in [5.74, 6) is -1.41. The van der Waals surface area contributed by atoms with Crippen molar-refractivity contribution < 1.29 is 27.7 Å². The second-order valence-electron chi connectivity index (χ2n) is 8.26. The highest BCUT2D eigenvalue weighted by Crippen LogP contribution is 2.42. The van der Waals surface area contributed by atoms with Gasteiger partial charge in [0.25, 0.3) is 21.6 Å². The van der Waals surface area contributed by atoms with Gasteiger partial charge in [0.05, 0.1) is 17.6 Å². The third-order valence-electron chi connectivity index (χ3n) is 6.46. The summed E-state index contributed by atoms with van der Waals surface area (Å²) in [6.45, 7) is 1.57. The van der Waals surface area contributed by atoms with Crippen molar-refractivity contribution in [3.63, 3.8) is 0 Å². The number of sulfonamides is 1. The lowest BCUT2D eigenvalue weighted by molar-refractivity contribution is -0.385. The molecule has 1 amide bonds. The molecule has 0 atom stereocenters. The van der Waals surface area contributed by atoms with E-state index in [4.69, 9.17) is 0 Å². The van der Waals surface area contributed by atoms with Crippen LogP contribution in [0.5, 0.6) is 0 Å². The fourth-order valence-electron chi connectivity index (χ4n) is 4.61. The molecular weight excluding hydrogens is 470 g/mol. The van der Waals surface area contributed by atoms with Crippen LogP contribution < -0.4 is 0 Å². The number of piperidine rings is 1. The monoisotopic (exact) mass is 493 g/mol. The summed E-state index contributed by atoms with van der Waals surface area (Å²) in [7, 11) is -2.41. The second-order valence-corrected chi connectivity index (χ2v) is 11.4. The molecule has 1 aromatic carbocycles. The van der Waals surface area contributed by atoms with E-state index in [9.17, 15) is 28.1 Å². The van der Waals surface area contributed by atoms with E-state index >= 15 is 0 Å². The van der Waals surface area contributed by atoms with Gasteiger partial charge >= 0.3 is 5.97 Å². The molecule has 33 heavy (non-hydrogen) atoms. The molecule has 4 rings (SSSR count). The van der Waals surface area contributed by atoms with Gasteiger partial charge in [0.1, 0.15) is 9.77 Å². The van der Waals surface area contributed by atoms with Crippen LogP contribution in [0.25, 0.3) is 0 Å². The highest BCUT2D eigenvalue weighted by Gasteiger charge is 2.45. The van der Waals surface area contributed by atoms with Gasteiger partial charge in [0, 0.05) is 32.2 Å². The first-order chi connectivity index (χ1) is 15.7. The average Bonchev–Trinajstić information content (AvgIpc) is 3.49. The lowest BCUT2D eigenvalue weighted by atomic mass is 9.78. The van der Waals surface area contributed by atoms with Gasteiger partial charge in [-0.25, -0.2) is 13.2 Å². The normalized spacial score (nSPS) is 18.4. The van der Waals surface area contributed by atoms with Crippen LogP contribution in [-0.2, 0) is 14.8 Å². The molecule has 0 N–H and O–H groups in total. The highest BCUT2D eigenvalue weighted by atomic mass is 32.2. The zero-order valence-corrected chi connectivity index (χ0v) is 19.6. The lowest BCUT2D eigenvalue weighted by Crippen LogP contribution is -2.44. The molecule has 2 aliphatic heterocycles. The van der Waals surface area contributed by atoms with E-state index in [0.717, 1.165) is 13.2 Å². The summed E-state index contributed by atoms with van der Waals surface area (Å²) in [5, 5.41) is 13.1. The number of carbonyl (C=O) groups excluding carboxylic acids is 2. The number of benzene rings is 1. The number of hydrogen-bond acceptors (Lipinski definition) is 8. The van der Waals surface area contributed by atoms with E-state index in [0.29, 0.717) is 49.7 Å². The van der Waals surface area contributed by atoms with Gasteiger partial charge in [0.2, 0.25) is 0 Å². The third-order valence-corrected chi connectivity index (χ3v) is 9.73. The standard InChI is InChI=1S/C21H23N3O7S2/c1-31-20(26)18-15(4-2-5-16(18)24(27)28)19(25)22-10-7-21(14-22)8-11-23(12-9-21)33(29,30)17-6-3-13-32-17/h2-6,13H,7-12,14H2,1H3. The second kappa shape index (κ2) is 8.84. The smallest absolute Gasteiger partial charge is 0.345 e. The van der Waals surface area contributed by atoms with Crippen LogP contribution in [-0.4, -0.2) is 67.7 Å². The minimum Gasteiger partial charge on any atom is -0.465 e. The maximum atomic E-state index is 13.3. The molecule has 176 valence electrons. The lowest BCUT2D eigenvalue weighted by Gasteiger charge is -2.38. The number of rotatable bonds is 5. The Morgan fingerprint density at radius 1 is 1.12 bits per heavy atom. The first-order valence-electron chi connectivity index (χ1n) is 10.4. The number of likely N-dealkylation sites (tertiary alicyclic amines) is 1. The van der Waals surface area contributed by atoms with Crippen molar-refractivity contribution >= 4 is 38.9 Å². The number of methoxy groups -OCH3 is 1. The molecule has 2 aliphatic rings. The van der Waals surface area contributed by atoms with Gasteiger partial charge in [-0.1, -0.05) is 12.1 Å². The van der Waals surface area contributed by atoms with Crippen molar-refractivity contribution in [1.82, 2.24) is 9.21 Å². The van der Waals surface area contributed by atoms with E-state index in [1.54, 1.807) is 22.4 Å². The maximum Gasteiger partial charge on any atom is 0.345 e. The maximum absolute atomic E-state index is 13.3. The molecule has 1 aromatic heterocycles. The first kappa shape index (κ1) is 23.3. The van der Waals surface area contributed by atoms with Crippen LogP contribution in [0.15, 0.2) is 39.9 Å². The Hall–Kier alpha value is -2.83. The van der Waals surface area contributed by atoms with Crippen LogP contribution in [0.2, 0.25) is 0 Å². The van der Waals surface area contributed by atoms with Crippen molar-refractivity contribution in [2.24, 2.45) is 5.41 Å². The molecular formula is C21H23N3O7S2. The molecule has 12 heteroatoms. The Morgan fingerprint density at radius 2 is 1.82 bits per heavy atom. The van der Waals surface area contributed by atoms with Crippen LogP contribution in [0.4, 0.5) is 5.69 Å². The van der Waals surface area contributed by atoms with Gasteiger partial charge in [0.15, 0.2) is 0 Å². The summed E-state index contributed by atoms with van der Waals surface area (Å²) in [4.78, 5) is 37.8. The van der Waals surface area contributed by atoms with Crippen LogP contribution in [0.1, 0.15) is 40.0 Å². The average molecular weight is 494 g/mol. The SMILES string of the molecule is COC(=O)c1c(C(=O)N2CCC3(CCN(S(=O)(=O)c4cccs4)CC3)C2)cccc1[N+](=O)[O-]. The molecule has 2 fully saturated rings. The molecule has 3 heterocycles. The van der Waals surface area contributed by atoms with Crippen LogP contribution >= 0.6 is 11.3 Å². The Kier molecular flexibility index (Phi) is 6.25. The van der Waals surface area contributed by atoms with Crippen LogP contribution in [0, 0.1) is 15.5 Å². The van der Waals surface area contributed by atoms with Gasteiger partial charge in [-0.15, -0.1) is 11.3 Å². The number of thiophene rings is 1. The predicted octanol–water partition coefficient (Wildman–Crippen LogP) is 2.76. The van der Waals surface area contributed by atoms with Crippen molar-refractivity contribution in [3.05, 3.63) is 57.0 Å². The number of carbonyl (C=O) groups is 2. The largest absolute Gasteiger partial charge is 0.465 e. The van der Waals surface area contributed by atoms with Gasteiger partial charge < -0.3 is 9.64 Å². The van der Waals surface area contributed by atoms with Crippen molar-refractivity contribution in [3.8, 4) is 0 Å². The number of nitro benzene ring substituents is 1. The molecule has 0 saturated carbocycles. The fraction of sp³-hybridized carbons (Fsp3) is 0.429. The predicted molar refractivity (Wildman–Crippen MR) is 120 cm³/mol. The van der Waals surface area contributed by atoms with E-state index < -0.39 is 32.5 Å². The van der Waals surface area contributed by atoms with E-state index in [-0.39, 0.29) is 16.5 Å². The third kappa shape index (κ3) is 4.25. The fourth-order valence-corrected chi connectivity index (χ4v) is 7.20. The molecule has 0 aliphatic carbocycles. The zero-order chi connectivity index (χ0) is 23.8. The number of ether oxygens (including phenoxy) is 1. The van der Waals surface area contributed by atoms with Crippen molar-refractivity contribution in [2.45, 2.75) is 23.5 Å². The molecule has 0 unspecified atom stereocenters. The van der Waals surface area contributed by atoms with Crippen molar-refractivity contribution in [1.29, 1.82) is 0 Å². The number of nitrogens with zero attached hydrogens (tertiary/aromatic N) is 3. The summed E-state index contributed by atoms with van der Waals surface area (Å²) in [5.41, 5.74) is -1.11. The zero-order valence-electron chi connectivity index (χ0n) is 17.9. The topological polar surface area (TPSA) is 127 Å². The Morgan fingerprint density at radius 3 is 2.42 bits per heavy atom. The summed E-state index contributed by atoms with van der Waals surface area (Å²) in [6.07, 6.45) is 1.93. The number of esters is 1. The van der Waals surface area contributed by atoms with E-state index in [1.165, 1.54) is 27.8 Å². The van der Waals surface area contributed by atoms with E-state index in [1.807, 2.05) is 0 Å². The first-order valence-corrected chi connectivity index (χ1v) is 12.7. The molecule has 10 nitrogen and oxygen atoms in total. The molecule has 0 radical (unpaired) electrons. The number of hydrogen-bond donors (Lipinski definition) is 0. The quantitative estimate of drug-likeness (QED) is 0.356. The summed E-state index contributed by atoms with van der Waals surface area (Å²) < 4.78 is 32.1. The summed E-state index contributed by atoms with van der Waals surface area (Å²) >= 11 is 1.19. The minimum absolute atomic E-state index is 0.0641. The van der Waals surface area contributed by atoms with E-state index in [2.05, 4.69) is 4.74 Å².